The molecule has 0 radical (unpaired) electrons. The number of carbonyl (C=O) groups is 3. The Morgan fingerprint density at radius 1 is 1.17 bits per heavy atom. The van der Waals surface area contributed by atoms with Crippen molar-refractivity contribution in [1.29, 1.82) is 10.5 Å². The Morgan fingerprint density at radius 2 is 1.94 bits per heavy atom. The summed E-state index contributed by atoms with van der Waals surface area (Å²) in [6.45, 7) is 3.40. The monoisotopic (exact) mass is 475 g/mol. The molecule has 2 aromatic rings. The number of amides is 4. The van der Waals surface area contributed by atoms with Gasteiger partial charge < -0.3 is 14.8 Å². The summed E-state index contributed by atoms with van der Waals surface area (Å²) in [7, 11) is 1.42. The number of nitrogens with one attached hydrogen (secondary N) is 1. The number of urea groups is 1. The number of alkyl carbamates (subject to hydrolysis) is 1. The molecule has 10 nitrogen and oxygen atoms in total. The number of anilines is 2. The summed E-state index contributed by atoms with van der Waals surface area (Å²) in [5.74, 6) is -0.115. The maximum absolute atomic E-state index is 13.2. The number of hydrogen-bond acceptors (Lipinski definition) is 7. The zero-order chi connectivity index (χ0) is 25.5. The second-order valence-electron chi connectivity index (χ2n) is 7.85. The predicted molar refractivity (Wildman–Crippen MR) is 127 cm³/mol. The molecule has 1 aliphatic heterocycles. The second-order valence-corrected chi connectivity index (χ2v) is 7.85. The lowest BCUT2D eigenvalue weighted by Crippen LogP contribution is -2.33. The van der Waals surface area contributed by atoms with Crippen LogP contribution < -0.4 is 19.9 Å². The Hall–Kier alpha value is -4.57. The summed E-state index contributed by atoms with van der Waals surface area (Å²) in [6, 6.07) is 14.4. The molecule has 0 spiro atoms. The number of nitriles is 2. The molecule has 0 aliphatic carbocycles. The van der Waals surface area contributed by atoms with E-state index in [1.165, 1.54) is 24.1 Å². The van der Waals surface area contributed by atoms with Gasteiger partial charge in [-0.3, -0.25) is 9.69 Å². The van der Waals surface area contributed by atoms with Gasteiger partial charge in [0.2, 0.25) is 0 Å². The van der Waals surface area contributed by atoms with Crippen LogP contribution in [0.15, 0.2) is 42.5 Å². The van der Waals surface area contributed by atoms with Crippen molar-refractivity contribution in [2.45, 2.75) is 38.8 Å². The largest absolute Gasteiger partial charge is 0.495 e. The fraction of sp³-hybridized carbons (Fsp3) is 0.320. The first-order valence-corrected chi connectivity index (χ1v) is 11.0. The number of carbonyl (C=O) groups excluding carboxylic acids is 3. The van der Waals surface area contributed by atoms with Crippen LogP contribution in [0.1, 0.15) is 43.9 Å². The summed E-state index contributed by atoms with van der Waals surface area (Å²) in [5, 5.41) is 20.7. The van der Waals surface area contributed by atoms with Crippen LogP contribution in [0.2, 0.25) is 0 Å². The molecule has 1 N–H and O–H groups in total. The highest BCUT2D eigenvalue weighted by molar-refractivity contribution is 6.27. The van der Waals surface area contributed by atoms with Gasteiger partial charge in [0.1, 0.15) is 24.5 Å². The number of benzene rings is 2. The van der Waals surface area contributed by atoms with E-state index in [1.807, 2.05) is 19.1 Å². The Bertz CT molecular complexity index is 1220. The zero-order valence-corrected chi connectivity index (χ0v) is 19.6. The Kier molecular flexibility index (Phi) is 7.90. The number of ether oxygens (including phenoxy) is 2. The SMILES string of the molecule is CCC(CC#N)OC(=O)N[C@@H](C)c1cccc(N2C(=O)CN(c3ccc(C#N)c(OC)c3)C2=O)c1. The molecule has 4 amide bonds. The first kappa shape index (κ1) is 25.1. The Balaban J connectivity index is 1.77. The first-order valence-electron chi connectivity index (χ1n) is 11.0. The molecular weight excluding hydrogens is 450 g/mol. The molecule has 1 fully saturated rings. The van der Waals surface area contributed by atoms with Crippen LogP contribution in [0.5, 0.6) is 5.75 Å². The van der Waals surface area contributed by atoms with E-state index in [2.05, 4.69) is 5.32 Å². The van der Waals surface area contributed by atoms with Crippen LogP contribution in [0, 0.1) is 22.7 Å². The molecule has 3 rings (SSSR count). The molecule has 0 saturated carbocycles. The van der Waals surface area contributed by atoms with Crippen molar-refractivity contribution in [2.75, 3.05) is 23.5 Å². The van der Waals surface area contributed by atoms with Crippen molar-refractivity contribution in [3.63, 3.8) is 0 Å². The van der Waals surface area contributed by atoms with Crippen LogP contribution >= 0.6 is 0 Å². The number of methoxy groups -OCH3 is 1. The summed E-state index contributed by atoms with van der Waals surface area (Å²) in [4.78, 5) is 40.5. The summed E-state index contributed by atoms with van der Waals surface area (Å²) >= 11 is 0. The molecule has 35 heavy (non-hydrogen) atoms. The quantitative estimate of drug-likeness (QED) is 0.570. The molecule has 1 heterocycles. The van der Waals surface area contributed by atoms with Crippen molar-refractivity contribution in [3.05, 3.63) is 53.6 Å². The molecule has 2 aromatic carbocycles. The maximum Gasteiger partial charge on any atom is 0.407 e. The Morgan fingerprint density at radius 3 is 2.60 bits per heavy atom. The first-order chi connectivity index (χ1) is 16.8. The lowest BCUT2D eigenvalue weighted by atomic mass is 10.1. The molecule has 1 aliphatic rings. The smallest absolute Gasteiger partial charge is 0.407 e. The van der Waals surface area contributed by atoms with Crippen LogP contribution in [0.25, 0.3) is 0 Å². The zero-order valence-electron chi connectivity index (χ0n) is 19.6. The van der Waals surface area contributed by atoms with E-state index in [0.29, 0.717) is 34.7 Å². The van der Waals surface area contributed by atoms with Gasteiger partial charge in [-0.1, -0.05) is 19.1 Å². The molecule has 2 atom stereocenters. The minimum Gasteiger partial charge on any atom is -0.495 e. The van der Waals surface area contributed by atoms with Gasteiger partial charge in [0.15, 0.2) is 0 Å². The van der Waals surface area contributed by atoms with Gasteiger partial charge in [-0.05, 0) is 43.2 Å². The molecular formula is C25H25N5O5. The van der Waals surface area contributed by atoms with E-state index in [9.17, 15) is 19.6 Å². The van der Waals surface area contributed by atoms with E-state index in [-0.39, 0.29) is 13.0 Å². The van der Waals surface area contributed by atoms with Crippen LogP contribution in [-0.4, -0.2) is 37.8 Å². The van der Waals surface area contributed by atoms with E-state index in [1.54, 1.807) is 37.3 Å². The molecule has 1 unspecified atom stereocenters. The normalized spacial score (nSPS) is 14.7. The summed E-state index contributed by atoms with van der Waals surface area (Å²) in [6.07, 6.45) is -0.523. The van der Waals surface area contributed by atoms with E-state index < -0.39 is 30.2 Å². The highest BCUT2D eigenvalue weighted by atomic mass is 16.6. The third-order valence-corrected chi connectivity index (χ3v) is 5.59. The maximum atomic E-state index is 13.2. The highest BCUT2D eigenvalue weighted by Crippen LogP contribution is 2.31. The van der Waals surface area contributed by atoms with E-state index in [4.69, 9.17) is 14.7 Å². The number of rotatable bonds is 8. The highest BCUT2D eigenvalue weighted by Gasteiger charge is 2.38. The molecule has 10 heteroatoms. The third kappa shape index (κ3) is 5.50. The fourth-order valence-electron chi connectivity index (χ4n) is 3.65. The molecule has 0 bridgehead atoms. The number of hydrogen-bond donors (Lipinski definition) is 1. The minimum atomic E-state index is -0.653. The predicted octanol–water partition coefficient (Wildman–Crippen LogP) is 4.02. The fourth-order valence-corrected chi connectivity index (χ4v) is 3.65. The lowest BCUT2D eigenvalue weighted by Gasteiger charge is -2.20. The third-order valence-electron chi connectivity index (χ3n) is 5.59. The lowest BCUT2D eigenvalue weighted by molar-refractivity contribution is -0.115. The summed E-state index contributed by atoms with van der Waals surface area (Å²) < 4.78 is 10.5. The van der Waals surface area contributed by atoms with Crippen molar-refractivity contribution in [3.8, 4) is 17.9 Å². The average molecular weight is 476 g/mol. The topological polar surface area (TPSA) is 136 Å². The van der Waals surface area contributed by atoms with Crippen LogP contribution in [-0.2, 0) is 9.53 Å². The Labute approximate surface area is 203 Å². The van der Waals surface area contributed by atoms with Gasteiger partial charge >= 0.3 is 12.1 Å². The molecule has 0 aromatic heterocycles. The number of nitrogens with zero attached hydrogens (tertiary/aromatic N) is 4. The van der Waals surface area contributed by atoms with Crippen molar-refractivity contribution in [1.82, 2.24) is 5.32 Å². The second kappa shape index (κ2) is 11.0. The van der Waals surface area contributed by atoms with Crippen LogP contribution in [0.4, 0.5) is 21.0 Å². The number of imide groups is 1. The standard InChI is InChI=1S/C25H25N5O5/c1-4-21(10-11-26)35-24(32)28-16(2)17-6-5-7-20(12-17)30-23(31)15-29(25(30)33)19-9-8-18(14-27)22(13-19)34-3/h5-9,12-13,16,21H,4,10,15H2,1-3H3,(H,28,32)/t16-,21?/m0/s1. The van der Waals surface area contributed by atoms with Gasteiger partial charge in [0, 0.05) is 11.8 Å². The van der Waals surface area contributed by atoms with Gasteiger partial charge in [-0.25, -0.2) is 14.5 Å². The van der Waals surface area contributed by atoms with Crippen LogP contribution in [0.3, 0.4) is 0 Å². The van der Waals surface area contributed by atoms with Gasteiger partial charge in [-0.15, -0.1) is 0 Å². The van der Waals surface area contributed by atoms with E-state index in [0.717, 1.165) is 4.90 Å². The van der Waals surface area contributed by atoms with Gasteiger partial charge in [0.25, 0.3) is 5.91 Å². The molecule has 1 saturated heterocycles. The average Bonchev–Trinajstić information content (AvgIpc) is 3.16. The van der Waals surface area contributed by atoms with Crippen molar-refractivity contribution < 1.29 is 23.9 Å². The minimum absolute atomic E-state index is 0.106. The summed E-state index contributed by atoms with van der Waals surface area (Å²) in [5.41, 5.74) is 1.76. The molecule has 180 valence electrons. The van der Waals surface area contributed by atoms with E-state index >= 15 is 0 Å². The van der Waals surface area contributed by atoms with Crippen molar-refractivity contribution in [2.24, 2.45) is 0 Å². The van der Waals surface area contributed by atoms with Gasteiger partial charge in [-0.2, -0.15) is 10.5 Å². The van der Waals surface area contributed by atoms with Crippen molar-refractivity contribution >= 4 is 29.4 Å². The van der Waals surface area contributed by atoms with Gasteiger partial charge in [0.05, 0.1) is 36.9 Å².